The maximum Gasteiger partial charge on any atom is 0.270 e. The minimum absolute atomic E-state index is 0.0569. The molecule has 0 aromatic carbocycles. The fourth-order valence-corrected chi connectivity index (χ4v) is 2.79. The average Bonchev–Trinajstić information content (AvgIpc) is 3.01. The Morgan fingerprint density at radius 2 is 2.35 bits per heavy atom. The number of carbonyl (C=O) groups excluding carboxylic acids is 1. The fraction of sp³-hybridized carbons (Fsp3) is 0.400. The monoisotopic (exact) mass is 336 g/mol. The van der Waals surface area contributed by atoms with Gasteiger partial charge in [0.25, 0.3) is 5.91 Å². The molecule has 1 fully saturated rings. The molecular weight excluding hydrogens is 320 g/mol. The molecule has 3 rings (SSSR count). The molecule has 1 aliphatic carbocycles. The van der Waals surface area contributed by atoms with Crippen molar-refractivity contribution in [2.75, 3.05) is 6.54 Å². The first-order valence-electron chi connectivity index (χ1n) is 6.88. The van der Waals surface area contributed by atoms with Crippen LogP contribution in [0.15, 0.2) is 39.5 Å². The van der Waals surface area contributed by atoms with Crippen molar-refractivity contribution in [3.05, 3.63) is 46.6 Å². The van der Waals surface area contributed by atoms with E-state index < -0.39 is 0 Å². The number of nitrogens with zero attached hydrogens (tertiary/aromatic N) is 2. The zero-order chi connectivity index (χ0) is 14.1. The van der Waals surface area contributed by atoms with E-state index in [4.69, 9.17) is 4.42 Å². The second-order valence-corrected chi connectivity index (χ2v) is 6.00. The van der Waals surface area contributed by atoms with E-state index in [0.29, 0.717) is 19.1 Å². The van der Waals surface area contributed by atoms with E-state index in [1.54, 1.807) is 11.2 Å². The molecule has 0 atom stereocenters. The molecule has 1 aliphatic rings. The summed E-state index contributed by atoms with van der Waals surface area (Å²) in [6.45, 7) is 3.16. The SMILES string of the molecule is CCN(Cc1ccco1)C(=O)c1cc(Br)cn1C1CC1. The zero-order valence-electron chi connectivity index (χ0n) is 11.4. The number of hydrogen-bond donors (Lipinski definition) is 0. The maximum atomic E-state index is 12.7. The van der Waals surface area contributed by atoms with Gasteiger partial charge < -0.3 is 13.9 Å². The van der Waals surface area contributed by atoms with Crippen molar-refractivity contribution in [3.8, 4) is 0 Å². The van der Waals surface area contributed by atoms with Crippen molar-refractivity contribution < 1.29 is 9.21 Å². The van der Waals surface area contributed by atoms with Gasteiger partial charge in [-0.25, -0.2) is 0 Å². The molecule has 0 bridgehead atoms. The fourth-order valence-electron chi connectivity index (χ4n) is 2.35. The van der Waals surface area contributed by atoms with Crippen LogP contribution in [-0.4, -0.2) is 21.9 Å². The largest absolute Gasteiger partial charge is 0.467 e. The molecule has 1 amide bonds. The third-order valence-corrected chi connectivity index (χ3v) is 4.00. The molecule has 2 aromatic rings. The van der Waals surface area contributed by atoms with Crippen molar-refractivity contribution in [1.29, 1.82) is 0 Å². The molecule has 20 heavy (non-hydrogen) atoms. The summed E-state index contributed by atoms with van der Waals surface area (Å²) in [5.74, 6) is 0.866. The lowest BCUT2D eigenvalue weighted by atomic mass is 10.3. The van der Waals surface area contributed by atoms with Gasteiger partial charge in [0.05, 0.1) is 12.8 Å². The van der Waals surface area contributed by atoms with Crippen molar-refractivity contribution >= 4 is 21.8 Å². The molecule has 4 nitrogen and oxygen atoms in total. The topological polar surface area (TPSA) is 38.4 Å². The van der Waals surface area contributed by atoms with E-state index in [9.17, 15) is 4.79 Å². The minimum Gasteiger partial charge on any atom is -0.467 e. The lowest BCUT2D eigenvalue weighted by molar-refractivity contribution is 0.0730. The van der Waals surface area contributed by atoms with Crippen LogP contribution >= 0.6 is 15.9 Å². The maximum absolute atomic E-state index is 12.7. The highest BCUT2D eigenvalue weighted by Gasteiger charge is 2.29. The molecule has 0 radical (unpaired) electrons. The first-order valence-corrected chi connectivity index (χ1v) is 7.67. The van der Waals surface area contributed by atoms with Crippen LogP contribution in [0.5, 0.6) is 0 Å². The lowest BCUT2D eigenvalue weighted by Crippen LogP contribution is -2.31. The Morgan fingerprint density at radius 3 is 2.95 bits per heavy atom. The molecular formula is C15H17BrN2O2. The second-order valence-electron chi connectivity index (χ2n) is 5.08. The summed E-state index contributed by atoms with van der Waals surface area (Å²) in [7, 11) is 0. The molecule has 0 saturated heterocycles. The molecule has 0 N–H and O–H groups in total. The van der Waals surface area contributed by atoms with E-state index in [1.807, 2.05) is 31.3 Å². The van der Waals surface area contributed by atoms with Crippen LogP contribution in [0.2, 0.25) is 0 Å². The molecule has 2 aromatic heterocycles. The van der Waals surface area contributed by atoms with E-state index in [1.165, 1.54) is 0 Å². The Hall–Kier alpha value is -1.49. The Bertz CT molecular complexity index is 599. The number of carbonyl (C=O) groups is 1. The molecule has 0 spiro atoms. The van der Waals surface area contributed by atoms with Crippen LogP contribution in [0, 0.1) is 0 Å². The smallest absolute Gasteiger partial charge is 0.270 e. The van der Waals surface area contributed by atoms with E-state index in [2.05, 4.69) is 20.5 Å². The molecule has 1 saturated carbocycles. The quantitative estimate of drug-likeness (QED) is 0.831. The van der Waals surface area contributed by atoms with Gasteiger partial charge in [-0.15, -0.1) is 0 Å². The first-order chi connectivity index (χ1) is 9.69. The standard InChI is InChI=1S/C15H17BrN2O2/c1-2-17(10-13-4-3-7-20-13)15(19)14-8-11(16)9-18(14)12-5-6-12/h3-4,7-9,12H,2,5-6,10H2,1H3. The average molecular weight is 337 g/mol. The number of rotatable bonds is 5. The van der Waals surface area contributed by atoms with Crippen molar-refractivity contribution in [2.24, 2.45) is 0 Å². The zero-order valence-corrected chi connectivity index (χ0v) is 13.0. The number of aromatic nitrogens is 1. The molecule has 0 aliphatic heterocycles. The lowest BCUT2D eigenvalue weighted by Gasteiger charge is -2.20. The van der Waals surface area contributed by atoms with E-state index in [-0.39, 0.29) is 5.91 Å². The molecule has 5 heteroatoms. The van der Waals surface area contributed by atoms with Crippen LogP contribution in [0.1, 0.15) is 42.1 Å². The Kier molecular flexibility index (Phi) is 3.70. The van der Waals surface area contributed by atoms with Gasteiger partial charge in [0, 0.05) is 23.3 Å². The predicted molar refractivity (Wildman–Crippen MR) is 79.5 cm³/mol. The summed E-state index contributed by atoms with van der Waals surface area (Å²) in [5.41, 5.74) is 0.757. The van der Waals surface area contributed by atoms with Crippen molar-refractivity contribution in [1.82, 2.24) is 9.47 Å². The van der Waals surface area contributed by atoms with Gasteiger partial charge in [-0.3, -0.25) is 4.79 Å². The van der Waals surface area contributed by atoms with Crippen LogP contribution in [0.25, 0.3) is 0 Å². The van der Waals surface area contributed by atoms with Gasteiger partial charge in [0.1, 0.15) is 11.5 Å². The van der Waals surface area contributed by atoms with E-state index in [0.717, 1.165) is 28.8 Å². The van der Waals surface area contributed by atoms with Gasteiger partial charge in [-0.2, -0.15) is 0 Å². The highest BCUT2D eigenvalue weighted by molar-refractivity contribution is 9.10. The number of furan rings is 1. The summed E-state index contributed by atoms with van der Waals surface area (Å²) in [6.07, 6.45) is 5.96. The molecule has 0 unspecified atom stereocenters. The van der Waals surface area contributed by atoms with Gasteiger partial charge in [0.2, 0.25) is 0 Å². The number of hydrogen-bond acceptors (Lipinski definition) is 2. The summed E-state index contributed by atoms with van der Waals surface area (Å²) < 4.78 is 8.39. The van der Waals surface area contributed by atoms with Gasteiger partial charge in [0.15, 0.2) is 0 Å². The second kappa shape index (κ2) is 5.48. The summed E-state index contributed by atoms with van der Waals surface area (Å²) in [4.78, 5) is 14.5. The van der Waals surface area contributed by atoms with Gasteiger partial charge >= 0.3 is 0 Å². The third-order valence-electron chi connectivity index (χ3n) is 3.57. The molecule has 106 valence electrons. The Morgan fingerprint density at radius 1 is 1.55 bits per heavy atom. The number of halogens is 1. The van der Waals surface area contributed by atoms with Crippen LogP contribution in [0.4, 0.5) is 0 Å². The normalized spacial score (nSPS) is 14.5. The highest BCUT2D eigenvalue weighted by Crippen LogP contribution is 2.37. The van der Waals surface area contributed by atoms with Gasteiger partial charge in [-0.05, 0) is 53.9 Å². The minimum atomic E-state index is 0.0569. The molecule has 2 heterocycles. The van der Waals surface area contributed by atoms with Crippen LogP contribution in [0.3, 0.4) is 0 Å². The van der Waals surface area contributed by atoms with Crippen LogP contribution in [-0.2, 0) is 6.54 Å². The Balaban J connectivity index is 1.82. The predicted octanol–water partition coefficient (Wildman–Crippen LogP) is 3.84. The van der Waals surface area contributed by atoms with E-state index >= 15 is 0 Å². The van der Waals surface area contributed by atoms with Crippen molar-refractivity contribution in [2.45, 2.75) is 32.4 Å². The van der Waals surface area contributed by atoms with Gasteiger partial charge in [-0.1, -0.05) is 0 Å². The summed E-state index contributed by atoms with van der Waals surface area (Å²) in [5, 5.41) is 0. The third kappa shape index (κ3) is 2.68. The Labute approximate surface area is 126 Å². The van der Waals surface area contributed by atoms with Crippen LogP contribution < -0.4 is 0 Å². The summed E-state index contributed by atoms with van der Waals surface area (Å²) in [6, 6.07) is 6.14. The van der Waals surface area contributed by atoms with Crippen molar-refractivity contribution in [3.63, 3.8) is 0 Å². The summed E-state index contributed by atoms with van der Waals surface area (Å²) >= 11 is 3.47. The highest BCUT2D eigenvalue weighted by atomic mass is 79.9. The number of amides is 1. The first kappa shape index (κ1) is 13.5.